The standard InChI is InChI=1S/C12H14Br2N2O2S/c13-9-5-8(10(14)19-9)12(18)16-7-3-1-6(2-4-7)11(15)17/h5-7H,1-4H2,(H2,15,17)(H,16,18). The molecule has 104 valence electrons. The number of hydrogen-bond donors (Lipinski definition) is 2. The summed E-state index contributed by atoms with van der Waals surface area (Å²) in [5.74, 6) is -0.333. The Kier molecular flexibility index (Phi) is 5.03. The molecule has 1 aromatic rings. The van der Waals surface area contributed by atoms with E-state index in [1.54, 1.807) is 6.07 Å². The summed E-state index contributed by atoms with van der Waals surface area (Å²) in [6.07, 6.45) is 3.13. The van der Waals surface area contributed by atoms with Crippen LogP contribution in [0.25, 0.3) is 0 Å². The van der Waals surface area contributed by atoms with Gasteiger partial charge >= 0.3 is 0 Å². The summed E-state index contributed by atoms with van der Waals surface area (Å²) in [5, 5.41) is 3.01. The molecule has 0 atom stereocenters. The molecule has 1 aliphatic rings. The van der Waals surface area contributed by atoms with Gasteiger partial charge in [-0.25, -0.2) is 0 Å². The lowest BCUT2D eigenvalue weighted by atomic mass is 9.85. The van der Waals surface area contributed by atoms with Gasteiger partial charge in [0.2, 0.25) is 5.91 Å². The van der Waals surface area contributed by atoms with Gasteiger partial charge in [-0.15, -0.1) is 11.3 Å². The number of nitrogens with two attached hydrogens (primary N) is 1. The monoisotopic (exact) mass is 408 g/mol. The fraction of sp³-hybridized carbons (Fsp3) is 0.500. The number of carbonyl (C=O) groups is 2. The topological polar surface area (TPSA) is 72.2 Å². The van der Waals surface area contributed by atoms with E-state index < -0.39 is 0 Å². The largest absolute Gasteiger partial charge is 0.369 e. The number of thiophene rings is 1. The van der Waals surface area contributed by atoms with Gasteiger partial charge in [-0.2, -0.15) is 0 Å². The van der Waals surface area contributed by atoms with Crippen molar-refractivity contribution in [3.8, 4) is 0 Å². The normalized spacial score (nSPS) is 23.1. The molecule has 0 aliphatic heterocycles. The summed E-state index contributed by atoms with van der Waals surface area (Å²) in [6.45, 7) is 0. The first kappa shape index (κ1) is 15.0. The van der Waals surface area contributed by atoms with Crippen LogP contribution in [0.15, 0.2) is 13.6 Å². The fourth-order valence-corrected chi connectivity index (χ4v) is 5.07. The summed E-state index contributed by atoms with van der Waals surface area (Å²) >= 11 is 8.21. The number of nitrogens with one attached hydrogen (secondary N) is 1. The molecular formula is C12H14Br2N2O2S. The molecule has 1 aromatic heterocycles. The quantitative estimate of drug-likeness (QED) is 0.805. The molecule has 2 rings (SSSR count). The molecule has 7 heteroatoms. The van der Waals surface area contributed by atoms with Crippen LogP contribution in [-0.4, -0.2) is 17.9 Å². The van der Waals surface area contributed by atoms with Crippen LogP contribution >= 0.6 is 43.2 Å². The van der Waals surface area contributed by atoms with Crippen molar-refractivity contribution in [2.24, 2.45) is 11.7 Å². The Morgan fingerprint density at radius 1 is 1.26 bits per heavy atom. The molecule has 2 amide bonds. The van der Waals surface area contributed by atoms with E-state index in [1.807, 2.05) is 0 Å². The van der Waals surface area contributed by atoms with Crippen molar-refractivity contribution in [2.45, 2.75) is 31.7 Å². The molecule has 4 nitrogen and oxygen atoms in total. The van der Waals surface area contributed by atoms with Crippen LogP contribution in [0.4, 0.5) is 0 Å². The molecule has 1 saturated carbocycles. The van der Waals surface area contributed by atoms with E-state index in [4.69, 9.17) is 5.73 Å². The van der Waals surface area contributed by atoms with Gasteiger partial charge in [0.15, 0.2) is 0 Å². The lowest BCUT2D eigenvalue weighted by molar-refractivity contribution is -0.122. The molecule has 1 aliphatic carbocycles. The zero-order valence-corrected chi connectivity index (χ0v) is 14.1. The zero-order chi connectivity index (χ0) is 14.0. The summed E-state index contributed by atoms with van der Waals surface area (Å²) in [5.41, 5.74) is 5.94. The van der Waals surface area contributed by atoms with E-state index in [0.717, 1.165) is 33.3 Å². The number of rotatable bonds is 3. The first-order valence-corrected chi connectivity index (χ1v) is 8.42. The van der Waals surface area contributed by atoms with Crippen LogP contribution in [0.2, 0.25) is 0 Å². The van der Waals surface area contributed by atoms with Gasteiger partial charge in [-0.1, -0.05) is 0 Å². The maximum Gasteiger partial charge on any atom is 0.253 e. The minimum absolute atomic E-state index is 0.0322. The molecule has 1 heterocycles. The van der Waals surface area contributed by atoms with Crippen LogP contribution in [0.1, 0.15) is 36.0 Å². The molecule has 19 heavy (non-hydrogen) atoms. The van der Waals surface area contributed by atoms with Crippen LogP contribution in [0, 0.1) is 5.92 Å². The Bertz CT molecular complexity index is 496. The Morgan fingerprint density at radius 2 is 1.89 bits per heavy atom. The van der Waals surface area contributed by atoms with Gasteiger partial charge in [-0.05, 0) is 63.6 Å². The minimum Gasteiger partial charge on any atom is -0.369 e. The molecule has 1 fully saturated rings. The average molecular weight is 410 g/mol. The predicted octanol–water partition coefficient (Wildman–Crippen LogP) is 3.05. The molecule has 0 aromatic carbocycles. The van der Waals surface area contributed by atoms with Gasteiger partial charge < -0.3 is 11.1 Å². The molecule has 3 N–H and O–H groups in total. The second-order valence-electron chi connectivity index (χ2n) is 4.66. The molecule has 0 unspecified atom stereocenters. The maximum atomic E-state index is 12.1. The Labute approximate surface area is 132 Å². The van der Waals surface area contributed by atoms with Crippen molar-refractivity contribution in [1.82, 2.24) is 5.32 Å². The van der Waals surface area contributed by atoms with Crippen molar-refractivity contribution in [1.29, 1.82) is 0 Å². The van der Waals surface area contributed by atoms with Crippen LogP contribution in [-0.2, 0) is 4.79 Å². The maximum absolute atomic E-state index is 12.1. The lowest BCUT2D eigenvalue weighted by Gasteiger charge is -2.27. The van der Waals surface area contributed by atoms with Crippen molar-refractivity contribution in [2.75, 3.05) is 0 Å². The summed E-state index contributed by atoms with van der Waals surface area (Å²) in [6, 6.07) is 1.94. The molecular weight excluding hydrogens is 396 g/mol. The zero-order valence-electron chi connectivity index (χ0n) is 10.1. The van der Waals surface area contributed by atoms with Crippen LogP contribution in [0.5, 0.6) is 0 Å². The Hall–Kier alpha value is -0.400. The van der Waals surface area contributed by atoms with E-state index in [1.165, 1.54) is 11.3 Å². The molecule has 0 spiro atoms. The van der Waals surface area contributed by atoms with Gasteiger partial charge in [0.25, 0.3) is 5.91 Å². The summed E-state index contributed by atoms with van der Waals surface area (Å²) in [4.78, 5) is 23.2. The number of primary amides is 1. The van der Waals surface area contributed by atoms with Crippen molar-refractivity contribution in [3.63, 3.8) is 0 Å². The highest BCUT2D eigenvalue weighted by Gasteiger charge is 2.26. The first-order chi connectivity index (χ1) is 8.97. The highest BCUT2D eigenvalue weighted by Crippen LogP contribution is 2.32. The van der Waals surface area contributed by atoms with Gasteiger partial charge in [0.1, 0.15) is 0 Å². The second-order valence-corrected chi connectivity index (χ2v) is 8.41. The van der Waals surface area contributed by atoms with Gasteiger partial charge in [0.05, 0.1) is 13.1 Å². The number of hydrogen-bond acceptors (Lipinski definition) is 3. The number of carbonyl (C=O) groups excluding carboxylic acids is 2. The van der Waals surface area contributed by atoms with E-state index >= 15 is 0 Å². The Balaban J connectivity index is 1.91. The first-order valence-electron chi connectivity index (χ1n) is 6.02. The third-order valence-corrected chi connectivity index (χ3v) is 5.71. The van der Waals surface area contributed by atoms with E-state index in [-0.39, 0.29) is 23.8 Å². The highest BCUT2D eigenvalue weighted by molar-refractivity contribution is 9.12. The predicted molar refractivity (Wildman–Crippen MR) is 82.1 cm³/mol. The van der Waals surface area contributed by atoms with Crippen LogP contribution in [0.3, 0.4) is 0 Å². The third kappa shape index (κ3) is 3.79. The van der Waals surface area contributed by atoms with Crippen molar-refractivity contribution < 1.29 is 9.59 Å². The number of amides is 2. The Morgan fingerprint density at radius 3 is 2.37 bits per heavy atom. The van der Waals surface area contributed by atoms with Crippen molar-refractivity contribution in [3.05, 3.63) is 19.2 Å². The van der Waals surface area contributed by atoms with E-state index in [0.29, 0.717) is 5.56 Å². The fourth-order valence-electron chi connectivity index (χ4n) is 2.28. The summed E-state index contributed by atoms with van der Waals surface area (Å²) < 4.78 is 1.74. The highest BCUT2D eigenvalue weighted by atomic mass is 79.9. The molecule has 0 radical (unpaired) electrons. The van der Waals surface area contributed by atoms with E-state index in [9.17, 15) is 9.59 Å². The minimum atomic E-state index is -0.228. The molecule has 0 bridgehead atoms. The second kappa shape index (κ2) is 6.37. The third-order valence-electron chi connectivity index (χ3n) is 3.37. The smallest absolute Gasteiger partial charge is 0.253 e. The SMILES string of the molecule is NC(=O)C1CCC(NC(=O)c2cc(Br)sc2Br)CC1. The number of halogens is 2. The van der Waals surface area contributed by atoms with Crippen molar-refractivity contribution >= 4 is 55.0 Å². The molecule has 0 saturated heterocycles. The lowest BCUT2D eigenvalue weighted by Crippen LogP contribution is -2.39. The average Bonchev–Trinajstić information content (AvgIpc) is 2.69. The summed E-state index contributed by atoms with van der Waals surface area (Å²) in [7, 11) is 0. The van der Waals surface area contributed by atoms with Gasteiger partial charge in [-0.3, -0.25) is 9.59 Å². The van der Waals surface area contributed by atoms with Gasteiger partial charge in [0, 0.05) is 12.0 Å². The van der Waals surface area contributed by atoms with Crippen LogP contribution < -0.4 is 11.1 Å². The van der Waals surface area contributed by atoms with E-state index in [2.05, 4.69) is 37.2 Å².